The van der Waals surface area contributed by atoms with Crippen molar-refractivity contribution in [2.45, 2.75) is 44.6 Å². The monoisotopic (exact) mass is 478 g/mol. The van der Waals surface area contributed by atoms with E-state index in [9.17, 15) is 15.0 Å². The molecule has 1 saturated heterocycles. The average Bonchev–Trinajstić information content (AvgIpc) is 2.87. The number of likely N-dealkylation sites (tertiary alicyclic amines) is 1. The average molecular weight is 479 g/mol. The summed E-state index contributed by atoms with van der Waals surface area (Å²) < 4.78 is 5.35. The molecule has 35 heavy (non-hydrogen) atoms. The number of aryl methyl sites for hydroxylation is 1. The zero-order chi connectivity index (χ0) is 24.6. The number of nitrogens with zero attached hydrogens (tertiary/aromatic N) is 4. The Balaban J connectivity index is 1.35. The first kappa shape index (κ1) is 25.0. The summed E-state index contributed by atoms with van der Waals surface area (Å²) >= 11 is 0. The second kappa shape index (κ2) is 12.0. The Morgan fingerprint density at radius 1 is 1.20 bits per heavy atom. The molecule has 8 nitrogen and oxygen atoms in total. The number of ether oxygens (including phenoxy) is 1. The first-order valence-corrected chi connectivity index (χ1v) is 12.3. The maximum atomic E-state index is 11.6. The maximum absolute atomic E-state index is 11.6. The molecule has 0 spiro atoms. The van der Waals surface area contributed by atoms with Crippen LogP contribution >= 0.6 is 0 Å². The highest BCUT2D eigenvalue weighted by Crippen LogP contribution is 2.34. The van der Waals surface area contributed by atoms with Gasteiger partial charge in [-0.2, -0.15) is 0 Å². The molecule has 1 aliphatic rings. The number of piperidine rings is 1. The van der Waals surface area contributed by atoms with Gasteiger partial charge in [0.25, 0.3) is 0 Å². The molecule has 3 atom stereocenters. The molecule has 2 aromatic heterocycles. The van der Waals surface area contributed by atoms with Crippen molar-refractivity contribution in [3.05, 3.63) is 60.3 Å². The van der Waals surface area contributed by atoms with Gasteiger partial charge in [0.1, 0.15) is 12.1 Å². The van der Waals surface area contributed by atoms with Crippen LogP contribution < -0.4 is 4.74 Å². The topological polar surface area (TPSA) is 109 Å². The molecule has 8 heteroatoms. The van der Waals surface area contributed by atoms with Crippen LogP contribution in [0, 0.1) is 11.8 Å². The Kier molecular flexibility index (Phi) is 8.60. The maximum Gasteiger partial charge on any atom is 0.303 e. The van der Waals surface area contributed by atoms with E-state index in [1.165, 1.54) is 0 Å². The SMILES string of the molecule is COc1ccc2nccc([C@@H](O)CC[C@@H]3CCN(CCCc4ccncn4)C[C@@H]3CC(=O)O)c2c1. The minimum absolute atomic E-state index is 0.0850. The van der Waals surface area contributed by atoms with Gasteiger partial charge in [-0.1, -0.05) is 0 Å². The van der Waals surface area contributed by atoms with Crippen molar-refractivity contribution in [1.29, 1.82) is 0 Å². The highest BCUT2D eigenvalue weighted by atomic mass is 16.5. The summed E-state index contributed by atoms with van der Waals surface area (Å²) in [6.45, 7) is 2.67. The number of benzene rings is 1. The number of pyridine rings is 1. The molecule has 186 valence electrons. The fourth-order valence-corrected chi connectivity index (χ4v) is 5.24. The Bertz CT molecular complexity index is 1110. The number of rotatable bonds is 11. The number of fused-ring (bicyclic) bond motifs is 1. The van der Waals surface area contributed by atoms with E-state index in [0.29, 0.717) is 6.42 Å². The van der Waals surface area contributed by atoms with Gasteiger partial charge in [-0.05, 0) is 92.9 Å². The van der Waals surface area contributed by atoms with Gasteiger partial charge in [0.2, 0.25) is 0 Å². The van der Waals surface area contributed by atoms with Crippen LogP contribution in [0.1, 0.15) is 49.5 Å². The van der Waals surface area contributed by atoms with Gasteiger partial charge in [-0.25, -0.2) is 9.97 Å². The van der Waals surface area contributed by atoms with Gasteiger partial charge >= 0.3 is 5.97 Å². The lowest BCUT2D eigenvalue weighted by Crippen LogP contribution is -2.42. The first-order valence-electron chi connectivity index (χ1n) is 12.3. The number of aliphatic hydroxyl groups excluding tert-OH is 1. The Hall–Kier alpha value is -3.10. The summed E-state index contributed by atoms with van der Waals surface area (Å²) in [4.78, 5) is 26.6. The number of aliphatic hydroxyl groups is 1. The number of carboxylic acids is 1. The molecule has 0 saturated carbocycles. The van der Waals surface area contributed by atoms with Gasteiger partial charge in [0, 0.05) is 36.4 Å². The van der Waals surface area contributed by atoms with Crippen molar-refractivity contribution in [2.24, 2.45) is 11.8 Å². The van der Waals surface area contributed by atoms with Crippen molar-refractivity contribution in [3.8, 4) is 5.75 Å². The Labute approximate surface area is 206 Å². The van der Waals surface area contributed by atoms with E-state index in [4.69, 9.17) is 4.74 Å². The number of aliphatic carboxylic acids is 1. The van der Waals surface area contributed by atoms with Crippen LogP contribution in [0.15, 0.2) is 49.1 Å². The lowest BCUT2D eigenvalue weighted by molar-refractivity contribution is -0.139. The predicted octanol–water partition coefficient (Wildman–Crippen LogP) is 3.89. The van der Waals surface area contributed by atoms with E-state index in [1.54, 1.807) is 25.8 Å². The van der Waals surface area contributed by atoms with Crippen molar-refractivity contribution >= 4 is 16.9 Å². The third-order valence-electron chi connectivity index (χ3n) is 7.12. The first-order chi connectivity index (χ1) is 17.0. The van der Waals surface area contributed by atoms with E-state index in [2.05, 4.69) is 19.9 Å². The number of carbonyl (C=O) groups is 1. The Morgan fingerprint density at radius 3 is 2.86 bits per heavy atom. The van der Waals surface area contributed by atoms with Gasteiger partial charge in [-0.15, -0.1) is 0 Å². The van der Waals surface area contributed by atoms with Gasteiger partial charge in [0.15, 0.2) is 0 Å². The molecule has 4 rings (SSSR count). The molecule has 0 aliphatic carbocycles. The van der Waals surface area contributed by atoms with E-state index in [1.807, 2.05) is 30.3 Å². The van der Waals surface area contributed by atoms with Crippen LogP contribution in [0.25, 0.3) is 10.9 Å². The molecule has 0 unspecified atom stereocenters. The minimum atomic E-state index is -0.754. The van der Waals surface area contributed by atoms with Crippen LogP contribution in [0.5, 0.6) is 5.75 Å². The van der Waals surface area contributed by atoms with Crippen LogP contribution in [0.4, 0.5) is 0 Å². The molecular weight excluding hydrogens is 444 g/mol. The normalized spacial score (nSPS) is 19.5. The van der Waals surface area contributed by atoms with Crippen LogP contribution in [0.3, 0.4) is 0 Å². The lowest BCUT2D eigenvalue weighted by Gasteiger charge is -2.38. The third kappa shape index (κ3) is 6.74. The smallest absolute Gasteiger partial charge is 0.303 e. The van der Waals surface area contributed by atoms with E-state index < -0.39 is 12.1 Å². The number of carboxylic acid groups (broad SMARTS) is 1. The molecular formula is C27H34N4O4. The zero-order valence-electron chi connectivity index (χ0n) is 20.2. The fourth-order valence-electron chi connectivity index (χ4n) is 5.24. The molecule has 1 fully saturated rings. The quantitative estimate of drug-likeness (QED) is 0.427. The van der Waals surface area contributed by atoms with Crippen molar-refractivity contribution in [2.75, 3.05) is 26.7 Å². The number of hydrogen-bond acceptors (Lipinski definition) is 7. The number of methoxy groups -OCH3 is 1. The third-order valence-corrected chi connectivity index (χ3v) is 7.12. The molecule has 0 amide bonds. The Morgan fingerprint density at radius 2 is 2.09 bits per heavy atom. The van der Waals surface area contributed by atoms with Crippen molar-refractivity contribution in [3.63, 3.8) is 0 Å². The number of hydrogen-bond donors (Lipinski definition) is 2. The molecule has 0 radical (unpaired) electrons. The summed E-state index contributed by atoms with van der Waals surface area (Å²) in [5.74, 6) is 0.339. The molecule has 0 bridgehead atoms. The number of aromatic nitrogens is 3. The van der Waals surface area contributed by atoms with Gasteiger partial charge in [0.05, 0.1) is 18.7 Å². The molecule has 3 heterocycles. The van der Waals surface area contributed by atoms with E-state index >= 15 is 0 Å². The van der Waals surface area contributed by atoms with Crippen LogP contribution in [0.2, 0.25) is 0 Å². The molecule has 2 N–H and O–H groups in total. The summed E-state index contributed by atoms with van der Waals surface area (Å²) in [6, 6.07) is 9.47. The molecule has 1 aromatic carbocycles. The van der Waals surface area contributed by atoms with E-state index in [-0.39, 0.29) is 18.3 Å². The fraction of sp³-hybridized carbons (Fsp3) is 0.481. The van der Waals surface area contributed by atoms with Crippen LogP contribution in [-0.4, -0.2) is 62.8 Å². The summed E-state index contributed by atoms with van der Waals surface area (Å²) in [5.41, 5.74) is 2.69. The highest BCUT2D eigenvalue weighted by molar-refractivity contribution is 5.83. The zero-order valence-corrected chi connectivity index (χ0v) is 20.2. The summed E-state index contributed by atoms with van der Waals surface area (Å²) in [6.07, 6.45) is 8.79. The van der Waals surface area contributed by atoms with Gasteiger partial charge < -0.3 is 19.8 Å². The second-order valence-corrected chi connectivity index (χ2v) is 9.39. The molecule has 1 aliphatic heterocycles. The summed E-state index contributed by atoms with van der Waals surface area (Å²) in [5, 5.41) is 21.5. The molecule has 3 aromatic rings. The largest absolute Gasteiger partial charge is 0.497 e. The predicted molar refractivity (Wildman–Crippen MR) is 133 cm³/mol. The minimum Gasteiger partial charge on any atom is -0.497 e. The van der Waals surface area contributed by atoms with Crippen molar-refractivity contribution < 1.29 is 19.7 Å². The summed E-state index contributed by atoms with van der Waals surface area (Å²) in [7, 11) is 1.62. The standard InChI is InChI=1S/C27H34N4O4/c1-35-22-5-6-25-24(16-22)23(9-12-29-25)26(32)7-4-19-10-14-31(17-20(19)15-27(33)34)13-2-3-21-8-11-28-18-30-21/h5-6,8-9,11-12,16,18-20,26,32H,2-4,7,10,13-15,17H2,1H3,(H,33,34)/t19-,20+,26+/m1/s1. The van der Waals surface area contributed by atoms with Gasteiger partial charge in [-0.3, -0.25) is 9.78 Å². The second-order valence-electron chi connectivity index (χ2n) is 9.39. The lowest BCUT2D eigenvalue weighted by atomic mass is 9.79. The van der Waals surface area contributed by atoms with Crippen molar-refractivity contribution in [1.82, 2.24) is 19.9 Å². The van der Waals surface area contributed by atoms with E-state index in [0.717, 1.165) is 73.2 Å². The van der Waals surface area contributed by atoms with Crippen LogP contribution in [-0.2, 0) is 11.2 Å². The highest BCUT2D eigenvalue weighted by Gasteiger charge is 2.31.